The third kappa shape index (κ3) is 7.73. The van der Waals surface area contributed by atoms with Crippen molar-refractivity contribution in [2.45, 2.75) is 31.9 Å². The molecule has 0 aliphatic carbocycles. The van der Waals surface area contributed by atoms with Gasteiger partial charge in [-0.05, 0) is 49.7 Å². The maximum atomic E-state index is 11.6. The molecule has 3 rings (SSSR count). The molecule has 1 N–H and O–H groups in total. The molecule has 0 unspecified atom stereocenters. The van der Waals surface area contributed by atoms with Crippen molar-refractivity contribution in [3.63, 3.8) is 0 Å². The lowest BCUT2D eigenvalue weighted by Gasteiger charge is -2.21. The number of likely N-dealkylation sites (tertiary alicyclic amines) is 1. The summed E-state index contributed by atoms with van der Waals surface area (Å²) in [6, 6.07) is 15.3. The minimum atomic E-state index is -0.601. The van der Waals surface area contributed by atoms with E-state index in [9.17, 15) is 9.90 Å². The van der Waals surface area contributed by atoms with Gasteiger partial charge < -0.3 is 24.2 Å². The number of hydrogen-bond donors (Lipinski definition) is 1. The van der Waals surface area contributed by atoms with Gasteiger partial charge in [0.25, 0.3) is 0 Å². The van der Waals surface area contributed by atoms with Crippen LogP contribution in [0, 0.1) is 0 Å². The van der Waals surface area contributed by atoms with Crippen molar-refractivity contribution >= 4 is 5.91 Å². The number of likely N-dealkylation sites (N-methyl/N-ethyl adjacent to an activating group) is 1. The molecule has 1 aliphatic heterocycles. The SMILES string of the molecule is COc1cccc(OC[C@H](O)CN(C)Cc2ccc(OCCCN3CCCC3=O)cc2)c1. The number of hydrogen-bond acceptors (Lipinski definition) is 6. The van der Waals surface area contributed by atoms with E-state index in [2.05, 4.69) is 4.90 Å². The van der Waals surface area contributed by atoms with Gasteiger partial charge in [0.05, 0.1) is 13.7 Å². The highest BCUT2D eigenvalue weighted by Crippen LogP contribution is 2.19. The topological polar surface area (TPSA) is 71.5 Å². The average molecular weight is 443 g/mol. The Kier molecular flexibility index (Phi) is 9.19. The van der Waals surface area contributed by atoms with Crippen LogP contribution in [0.3, 0.4) is 0 Å². The van der Waals surface area contributed by atoms with E-state index < -0.39 is 6.10 Å². The summed E-state index contributed by atoms with van der Waals surface area (Å²) in [6.45, 7) is 3.68. The van der Waals surface area contributed by atoms with Crippen LogP contribution in [0.1, 0.15) is 24.8 Å². The van der Waals surface area contributed by atoms with Gasteiger partial charge in [-0.2, -0.15) is 0 Å². The van der Waals surface area contributed by atoms with Gasteiger partial charge in [-0.25, -0.2) is 0 Å². The predicted molar refractivity (Wildman–Crippen MR) is 123 cm³/mol. The second-order valence-corrected chi connectivity index (χ2v) is 8.17. The Balaban J connectivity index is 1.33. The molecule has 1 heterocycles. The van der Waals surface area contributed by atoms with E-state index in [1.54, 1.807) is 13.2 Å². The lowest BCUT2D eigenvalue weighted by Crippen LogP contribution is -2.32. The molecule has 0 spiro atoms. The molecule has 1 amide bonds. The van der Waals surface area contributed by atoms with Gasteiger partial charge in [0.15, 0.2) is 0 Å². The summed E-state index contributed by atoms with van der Waals surface area (Å²) < 4.78 is 16.6. The fourth-order valence-corrected chi connectivity index (χ4v) is 3.75. The lowest BCUT2D eigenvalue weighted by atomic mass is 10.2. The first kappa shape index (κ1) is 23.9. The Bertz CT molecular complexity index is 842. The number of nitrogens with zero attached hydrogens (tertiary/aromatic N) is 2. The Morgan fingerprint density at radius 1 is 1.09 bits per heavy atom. The fourth-order valence-electron chi connectivity index (χ4n) is 3.75. The Hall–Kier alpha value is -2.77. The van der Waals surface area contributed by atoms with Gasteiger partial charge in [0.1, 0.15) is 30.0 Å². The Morgan fingerprint density at radius 2 is 1.88 bits per heavy atom. The van der Waals surface area contributed by atoms with Gasteiger partial charge in [-0.3, -0.25) is 9.69 Å². The summed E-state index contributed by atoms with van der Waals surface area (Å²) in [6.07, 6.45) is 1.90. The van der Waals surface area contributed by atoms with Gasteiger partial charge in [0, 0.05) is 38.7 Å². The van der Waals surface area contributed by atoms with Crippen LogP contribution in [0.2, 0.25) is 0 Å². The monoisotopic (exact) mass is 442 g/mol. The van der Waals surface area contributed by atoms with Gasteiger partial charge in [-0.15, -0.1) is 0 Å². The quantitative estimate of drug-likeness (QED) is 0.481. The van der Waals surface area contributed by atoms with Crippen LogP contribution < -0.4 is 14.2 Å². The van der Waals surface area contributed by atoms with E-state index in [4.69, 9.17) is 14.2 Å². The van der Waals surface area contributed by atoms with Gasteiger partial charge in [-0.1, -0.05) is 18.2 Å². The minimum Gasteiger partial charge on any atom is -0.497 e. The zero-order chi connectivity index (χ0) is 22.8. The first-order valence-electron chi connectivity index (χ1n) is 11.2. The van der Waals surface area contributed by atoms with Crippen LogP contribution >= 0.6 is 0 Å². The molecule has 1 saturated heterocycles. The number of methoxy groups -OCH3 is 1. The van der Waals surface area contributed by atoms with E-state index >= 15 is 0 Å². The summed E-state index contributed by atoms with van der Waals surface area (Å²) in [5, 5.41) is 10.3. The summed E-state index contributed by atoms with van der Waals surface area (Å²) in [7, 11) is 3.58. The number of aliphatic hydroxyl groups excluding tert-OH is 1. The number of benzene rings is 2. The second kappa shape index (κ2) is 12.3. The number of carbonyl (C=O) groups is 1. The van der Waals surface area contributed by atoms with E-state index in [1.807, 2.05) is 54.4 Å². The molecule has 7 nitrogen and oxygen atoms in total. The van der Waals surface area contributed by atoms with Crippen LogP contribution in [0.15, 0.2) is 48.5 Å². The number of carbonyl (C=O) groups excluding carboxylic acids is 1. The molecule has 7 heteroatoms. The Labute approximate surface area is 190 Å². The van der Waals surface area contributed by atoms with E-state index in [1.165, 1.54) is 0 Å². The average Bonchev–Trinajstić information content (AvgIpc) is 3.21. The van der Waals surface area contributed by atoms with Gasteiger partial charge in [0.2, 0.25) is 5.91 Å². The normalized spacial score (nSPS) is 14.6. The second-order valence-electron chi connectivity index (χ2n) is 8.17. The van der Waals surface area contributed by atoms with Crippen LogP contribution in [0.5, 0.6) is 17.2 Å². The maximum Gasteiger partial charge on any atom is 0.222 e. The molecule has 174 valence electrons. The summed E-state index contributed by atoms with van der Waals surface area (Å²) in [5.41, 5.74) is 1.14. The minimum absolute atomic E-state index is 0.216. The third-order valence-electron chi connectivity index (χ3n) is 5.39. The van der Waals surface area contributed by atoms with Crippen LogP contribution in [0.4, 0.5) is 0 Å². The van der Waals surface area contributed by atoms with E-state index in [0.29, 0.717) is 31.9 Å². The highest BCUT2D eigenvalue weighted by atomic mass is 16.5. The lowest BCUT2D eigenvalue weighted by molar-refractivity contribution is -0.127. The highest BCUT2D eigenvalue weighted by molar-refractivity contribution is 5.77. The zero-order valence-corrected chi connectivity index (χ0v) is 19.0. The maximum absolute atomic E-state index is 11.6. The number of aliphatic hydroxyl groups is 1. The number of rotatable bonds is 13. The standard InChI is InChI=1S/C25H34N2O5/c1-26(18-21(28)19-32-24-7-3-6-23(16-24)30-2)17-20-9-11-22(12-10-20)31-15-5-14-27-13-4-8-25(27)29/h3,6-7,9-12,16,21,28H,4-5,8,13-15,17-19H2,1-2H3/t21-/m1/s1. The van der Waals surface area contributed by atoms with Crippen molar-refractivity contribution in [2.24, 2.45) is 0 Å². The molecule has 0 saturated carbocycles. The molecule has 2 aromatic carbocycles. The Morgan fingerprint density at radius 3 is 2.59 bits per heavy atom. The van der Waals surface area contributed by atoms with E-state index in [-0.39, 0.29) is 12.5 Å². The first-order chi connectivity index (χ1) is 15.5. The highest BCUT2D eigenvalue weighted by Gasteiger charge is 2.19. The van der Waals surface area contributed by atoms with Crippen molar-refractivity contribution in [1.82, 2.24) is 9.80 Å². The molecule has 0 bridgehead atoms. The van der Waals surface area contributed by atoms with Crippen molar-refractivity contribution in [2.75, 3.05) is 47.0 Å². The van der Waals surface area contributed by atoms with Crippen molar-refractivity contribution < 1.29 is 24.1 Å². The zero-order valence-electron chi connectivity index (χ0n) is 19.0. The predicted octanol–water partition coefficient (Wildman–Crippen LogP) is 2.96. The fraction of sp³-hybridized carbons (Fsp3) is 0.480. The van der Waals surface area contributed by atoms with Crippen LogP contribution in [-0.2, 0) is 11.3 Å². The van der Waals surface area contributed by atoms with Crippen LogP contribution in [0.25, 0.3) is 0 Å². The molecule has 1 fully saturated rings. The first-order valence-corrected chi connectivity index (χ1v) is 11.2. The molecule has 0 radical (unpaired) electrons. The molecular formula is C25H34N2O5. The molecule has 0 aromatic heterocycles. The molecule has 1 aliphatic rings. The number of ether oxygens (including phenoxy) is 3. The summed E-state index contributed by atoms with van der Waals surface area (Å²) in [5.74, 6) is 2.49. The van der Waals surface area contributed by atoms with Crippen molar-refractivity contribution in [1.29, 1.82) is 0 Å². The van der Waals surface area contributed by atoms with Crippen molar-refractivity contribution in [3.05, 3.63) is 54.1 Å². The summed E-state index contributed by atoms with van der Waals surface area (Å²) in [4.78, 5) is 15.6. The van der Waals surface area contributed by atoms with Gasteiger partial charge >= 0.3 is 0 Å². The summed E-state index contributed by atoms with van der Waals surface area (Å²) >= 11 is 0. The largest absolute Gasteiger partial charge is 0.497 e. The smallest absolute Gasteiger partial charge is 0.222 e. The third-order valence-corrected chi connectivity index (χ3v) is 5.39. The molecular weight excluding hydrogens is 408 g/mol. The van der Waals surface area contributed by atoms with Crippen molar-refractivity contribution in [3.8, 4) is 17.2 Å². The van der Waals surface area contributed by atoms with Crippen LogP contribution in [-0.4, -0.2) is 73.9 Å². The molecule has 1 atom stereocenters. The van der Waals surface area contributed by atoms with E-state index in [0.717, 1.165) is 43.0 Å². The molecule has 2 aromatic rings. The number of amides is 1. The molecule has 32 heavy (non-hydrogen) atoms.